The van der Waals surface area contributed by atoms with Crippen LogP contribution in [0.2, 0.25) is 10.0 Å². The number of H-pyrrole nitrogens is 1. The van der Waals surface area contributed by atoms with Gasteiger partial charge in [-0.2, -0.15) is 0 Å². The van der Waals surface area contributed by atoms with Crippen LogP contribution in [0.25, 0.3) is 10.9 Å². The normalized spacial score (nSPS) is 10.8. The molecule has 1 amide bonds. The Kier molecular flexibility index (Phi) is 4.60. The number of carbonyl (C=O) groups excluding carboxylic acids is 1. The van der Waals surface area contributed by atoms with Gasteiger partial charge in [0.1, 0.15) is 0 Å². The number of halogens is 2. The van der Waals surface area contributed by atoms with E-state index in [9.17, 15) is 9.59 Å². The van der Waals surface area contributed by atoms with E-state index >= 15 is 0 Å². The molecule has 0 spiro atoms. The average molecular weight is 361 g/mol. The molecule has 3 rings (SSSR count). The predicted molar refractivity (Wildman–Crippen MR) is 96.9 cm³/mol. The molecule has 0 unspecified atom stereocenters. The molecule has 0 saturated heterocycles. The topological polar surface area (TPSA) is 62.0 Å². The summed E-state index contributed by atoms with van der Waals surface area (Å²) in [6.45, 7) is 2.08. The summed E-state index contributed by atoms with van der Waals surface area (Å²) >= 11 is 11.7. The number of fused-ring (bicyclic) bond motifs is 1. The number of aryl methyl sites for hydroxylation is 1. The third-order valence-electron chi connectivity index (χ3n) is 3.70. The van der Waals surface area contributed by atoms with Crippen LogP contribution < -0.4 is 10.9 Å². The number of amides is 1. The summed E-state index contributed by atoms with van der Waals surface area (Å²) in [6, 6.07) is 12.2. The Labute approximate surface area is 148 Å². The molecular formula is C18H14Cl2N2O2. The second kappa shape index (κ2) is 6.67. The van der Waals surface area contributed by atoms with Gasteiger partial charge < -0.3 is 10.3 Å². The van der Waals surface area contributed by atoms with Gasteiger partial charge in [-0.05, 0) is 48.2 Å². The lowest BCUT2D eigenvalue weighted by molar-refractivity contribution is 0.0951. The van der Waals surface area contributed by atoms with Gasteiger partial charge in [0.2, 0.25) is 0 Å². The van der Waals surface area contributed by atoms with Crippen molar-refractivity contribution in [3.8, 4) is 0 Å². The van der Waals surface area contributed by atoms with E-state index in [4.69, 9.17) is 23.2 Å². The largest absolute Gasteiger partial charge is 0.348 e. The molecule has 0 aliphatic rings. The van der Waals surface area contributed by atoms with Crippen LogP contribution in [0.4, 0.5) is 0 Å². The van der Waals surface area contributed by atoms with E-state index in [-0.39, 0.29) is 18.0 Å². The van der Waals surface area contributed by atoms with Crippen LogP contribution in [0.3, 0.4) is 0 Å². The summed E-state index contributed by atoms with van der Waals surface area (Å²) in [5.74, 6) is -0.322. The average Bonchev–Trinajstić information content (AvgIpc) is 2.55. The van der Waals surface area contributed by atoms with Crippen molar-refractivity contribution in [3.63, 3.8) is 0 Å². The zero-order chi connectivity index (χ0) is 17.3. The lowest BCUT2D eigenvalue weighted by atomic mass is 10.1. The lowest BCUT2D eigenvalue weighted by Gasteiger charge is -2.07. The van der Waals surface area contributed by atoms with Crippen molar-refractivity contribution < 1.29 is 4.79 Å². The van der Waals surface area contributed by atoms with E-state index in [1.165, 1.54) is 6.07 Å². The molecule has 0 aliphatic heterocycles. The van der Waals surface area contributed by atoms with Crippen molar-refractivity contribution in [1.29, 1.82) is 0 Å². The van der Waals surface area contributed by atoms with Crippen LogP contribution in [-0.2, 0) is 6.54 Å². The molecule has 2 N–H and O–H groups in total. The number of aromatic nitrogens is 1. The smallest absolute Gasteiger partial charge is 0.253 e. The molecule has 2 aromatic carbocycles. The first-order valence-electron chi connectivity index (χ1n) is 7.30. The fourth-order valence-corrected chi connectivity index (χ4v) is 2.70. The van der Waals surface area contributed by atoms with Gasteiger partial charge in [0.15, 0.2) is 0 Å². The van der Waals surface area contributed by atoms with Crippen molar-refractivity contribution in [2.24, 2.45) is 0 Å². The number of nitrogens with one attached hydrogen (secondary N) is 2. The van der Waals surface area contributed by atoms with E-state index in [2.05, 4.69) is 10.3 Å². The Bertz CT molecular complexity index is 996. The van der Waals surface area contributed by atoms with Gasteiger partial charge >= 0.3 is 0 Å². The molecule has 6 heteroatoms. The van der Waals surface area contributed by atoms with Crippen LogP contribution >= 0.6 is 23.2 Å². The molecule has 3 aromatic rings. The summed E-state index contributed by atoms with van der Waals surface area (Å²) in [6.07, 6.45) is 0. The van der Waals surface area contributed by atoms with E-state index in [1.54, 1.807) is 18.2 Å². The third kappa shape index (κ3) is 3.45. The minimum absolute atomic E-state index is 0.123. The minimum atomic E-state index is -0.322. The first kappa shape index (κ1) is 16.6. The Balaban J connectivity index is 1.81. The van der Waals surface area contributed by atoms with Gasteiger partial charge in [-0.1, -0.05) is 35.3 Å². The van der Waals surface area contributed by atoms with Crippen LogP contribution in [0.1, 0.15) is 21.5 Å². The quantitative estimate of drug-likeness (QED) is 0.739. The highest BCUT2D eigenvalue weighted by Crippen LogP contribution is 2.22. The summed E-state index contributed by atoms with van der Waals surface area (Å²) < 4.78 is 0. The highest BCUT2D eigenvalue weighted by atomic mass is 35.5. The van der Waals surface area contributed by atoms with Crippen LogP contribution in [0, 0.1) is 6.92 Å². The molecule has 0 atom stereocenters. The molecule has 0 bridgehead atoms. The van der Waals surface area contributed by atoms with E-state index < -0.39 is 0 Å². The number of hydrogen-bond donors (Lipinski definition) is 2. The molecule has 122 valence electrons. The summed E-state index contributed by atoms with van der Waals surface area (Å²) in [4.78, 5) is 27.2. The number of benzene rings is 2. The summed E-state index contributed by atoms with van der Waals surface area (Å²) in [5, 5.41) is 4.33. The van der Waals surface area contributed by atoms with E-state index in [0.29, 0.717) is 21.2 Å². The molecule has 0 aliphatic carbocycles. The third-order valence-corrected chi connectivity index (χ3v) is 4.44. The van der Waals surface area contributed by atoms with Crippen LogP contribution in [0.15, 0.2) is 47.3 Å². The van der Waals surface area contributed by atoms with Gasteiger partial charge in [0, 0.05) is 23.2 Å². The highest BCUT2D eigenvalue weighted by Gasteiger charge is 2.09. The maximum absolute atomic E-state index is 12.2. The van der Waals surface area contributed by atoms with Crippen molar-refractivity contribution in [3.05, 3.63) is 79.6 Å². The number of carbonyl (C=O) groups is 1. The van der Waals surface area contributed by atoms with Gasteiger partial charge in [0.25, 0.3) is 11.5 Å². The number of pyridine rings is 1. The van der Waals surface area contributed by atoms with Crippen molar-refractivity contribution >= 4 is 40.0 Å². The maximum Gasteiger partial charge on any atom is 0.253 e. The first-order valence-corrected chi connectivity index (χ1v) is 8.05. The number of hydrogen-bond acceptors (Lipinski definition) is 2. The molecule has 4 nitrogen and oxygen atoms in total. The Morgan fingerprint density at radius 1 is 1.08 bits per heavy atom. The van der Waals surface area contributed by atoms with Gasteiger partial charge in [0.05, 0.1) is 10.0 Å². The Morgan fingerprint density at radius 2 is 1.88 bits per heavy atom. The SMILES string of the molecule is Cc1ccc2cc(CNC(=O)c3ccc(Cl)c(Cl)c3)c(=O)[nH]c2c1. The number of aromatic amines is 1. The predicted octanol–water partition coefficient (Wildman–Crippen LogP) is 4.07. The van der Waals surface area contributed by atoms with Crippen molar-refractivity contribution in [2.75, 3.05) is 0 Å². The van der Waals surface area contributed by atoms with E-state index in [1.807, 2.05) is 25.1 Å². The Morgan fingerprint density at radius 3 is 2.62 bits per heavy atom. The van der Waals surface area contributed by atoms with E-state index in [0.717, 1.165) is 16.5 Å². The summed E-state index contributed by atoms with van der Waals surface area (Å²) in [7, 11) is 0. The molecule has 1 heterocycles. The van der Waals surface area contributed by atoms with Crippen LogP contribution in [-0.4, -0.2) is 10.9 Å². The molecule has 0 radical (unpaired) electrons. The minimum Gasteiger partial charge on any atom is -0.348 e. The fourth-order valence-electron chi connectivity index (χ4n) is 2.41. The van der Waals surface area contributed by atoms with Crippen molar-refractivity contribution in [1.82, 2.24) is 10.3 Å². The second-order valence-electron chi connectivity index (χ2n) is 5.53. The van der Waals surface area contributed by atoms with Gasteiger partial charge in [-0.15, -0.1) is 0 Å². The lowest BCUT2D eigenvalue weighted by Crippen LogP contribution is -2.26. The summed E-state index contributed by atoms with van der Waals surface area (Å²) in [5.41, 5.74) is 2.50. The fraction of sp³-hybridized carbons (Fsp3) is 0.111. The zero-order valence-corrected chi connectivity index (χ0v) is 14.3. The van der Waals surface area contributed by atoms with Crippen molar-refractivity contribution in [2.45, 2.75) is 13.5 Å². The molecule has 0 fully saturated rings. The second-order valence-corrected chi connectivity index (χ2v) is 6.34. The Hall–Kier alpha value is -2.30. The highest BCUT2D eigenvalue weighted by molar-refractivity contribution is 6.42. The van der Waals surface area contributed by atoms with Crippen LogP contribution in [0.5, 0.6) is 0 Å². The van der Waals surface area contributed by atoms with Gasteiger partial charge in [-0.3, -0.25) is 9.59 Å². The molecular weight excluding hydrogens is 347 g/mol. The standard InChI is InChI=1S/C18H14Cl2N2O2/c1-10-2-3-11-7-13(18(24)22-16(11)6-10)9-21-17(23)12-4-5-14(19)15(20)8-12/h2-8H,9H2,1H3,(H,21,23)(H,22,24). The molecule has 0 saturated carbocycles. The molecule has 24 heavy (non-hydrogen) atoms. The molecule has 1 aromatic heterocycles. The monoisotopic (exact) mass is 360 g/mol. The number of rotatable bonds is 3. The first-order chi connectivity index (χ1) is 11.4. The maximum atomic E-state index is 12.2. The zero-order valence-electron chi connectivity index (χ0n) is 12.8. The van der Waals surface area contributed by atoms with Gasteiger partial charge in [-0.25, -0.2) is 0 Å².